The van der Waals surface area contributed by atoms with Gasteiger partial charge in [-0.15, -0.1) is 0 Å². The Kier molecular flexibility index (Phi) is 3.15. The molecule has 0 aliphatic heterocycles. The first kappa shape index (κ1) is 12.4. The van der Waals surface area contributed by atoms with Crippen LogP contribution in [0.1, 0.15) is 35.7 Å². The number of hydrogen-bond donors (Lipinski definition) is 0. The molecule has 0 saturated heterocycles. The standard InChI is InChI=1S/C15H15ClN2O/c1-9-4-3-5-12(10(9)2)19-14-8-13(16)17-15(18-14)11-6-7-11/h3-5,8,11H,6-7H2,1-2H3. The minimum Gasteiger partial charge on any atom is -0.439 e. The normalized spacial score (nSPS) is 14.5. The van der Waals surface area contributed by atoms with Gasteiger partial charge in [-0.05, 0) is 43.9 Å². The summed E-state index contributed by atoms with van der Waals surface area (Å²) >= 11 is 6.03. The average molecular weight is 275 g/mol. The van der Waals surface area contributed by atoms with Crippen molar-refractivity contribution in [1.29, 1.82) is 0 Å². The van der Waals surface area contributed by atoms with Gasteiger partial charge in [0.05, 0.1) is 0 Å². The molecule has 3 rings (SSSR count). The van der Waals surface area contributed by atoms with Crippen molar-refractivity contribution in [2.24, 2.45) is 0 Å². The summed E-state index contributed by atoms with van der Waals surface area (Å²) < 4.78 is 5.85. The van der Waals surface area contributed by atoms with Gasteiger partial charge in [0.2, 0.25) is 5.88 Å². The second-order valence-corrected chi connectivity index (χ2v) is 5.35. The molecule has 0 radical (unpaired) electrons. The lowest BCUT2D eigenvalue weighted by atomic mass is 10.1. The highest BCUT2D eigenvalue weighted by Gasteiger charge is 2.27. The van der Waals surface area contributed by atoms with Crippen molar-refractivity contribution in [3.63, 3.8) is 0 Å². The summed E-state index contributed by atoms with van der Waals surface area (Å²) in [6.45, 7) is 4.10. The molecule has 0 N–H and O–H groups in total. The van der Waals surface area contributed by atoms with Crippen LogP contribution in [0.3, 0.4) is 0 Å². The number of rotatable bonds is 3. The lowest BCUT2D eigenvalue weighted by molar-refractivity contribution is 0.455. The van der Waals surface area contributed by atoms with Crippen molar-refractivity contribution >= 4 is 11.6 Å². The molecule has 1 aromatic carbocycles. The number of benzene rings is 1. The zero-order chi connectivity index (χ0) is 13.4. The van der Waals surface area contributed by atoms with E-state index in [1.54, 1.807) is 6.07 Å². The molecule has 98 valence electrons. The zero-order valence-corrected chi connectivity index (χ0v) is 11.7. The van der Waals surface area contributed by atoms with Crippen LogP contribution in [0.4, 0.5) is 0 Å². The van der Waals surface area contributed by atoms with Gasteiger partial charge < -0.3 is 4.74 Å². The molecule has 1 heterocycles. The molecule has 19 heavy (non-hydrogen) atoms. The molecule has 1 aliphatic carbocycles. The Hall–Kier alpha value is -1.61. The highest BCUT2D eigenvalue weighted by atomic mass is 35.5. The monoisotopic (exact) mass is 274 g/mol. The largest absolute Gasteiger partial charge is 0.439 e. The molecule has 1 saturated carbocycles. The van der Waals surface area contributed by atoms with E-state index in [9.17, 15) is 0 Å². The number of nitrogens with zero attached hydrogens (tertiary/aromatic N) is 2. The van der Waals surface area contributed by atoms with E-state index >= 15 is 0 Å². The van der Waals surface area contributed by atoms with Crippen molar-refractivity contribution in [3.8, 4) is 11.6 Å². The van der Waals surface area contributed by atoms with Crippen LogP contribution >= 0.6 is 11.6 Å². The van der Waals surface area contributed by atoms with Crippen LogP contribution in [-0.2, 0) is 0 Å². The van der Waals surface area contributed by atoms with Gasteiger partial charge in [-0.2, -0.15) is 4.98 Å². The molecule has 0 amide bonds. The SMILES string of the molecule is Cc1cccc(Oc2cc(Cl)nc(C3CC3)n2)c1C. The van der Waals surface area contributed by atoms with Gasteiger partial charge in [-0.25, -0.2) is 4.98 Å². The number of hydrogen-bond acceptors (Lipinski definition) is 3. The average Bonchev–Trinajstić information content (AvgIpc) is 3.18. The van der Waals surface area contributed by atoms with Crippen molar-refractivity contribution in [2.45, 2.75) is 32.6 Å². The maximum absolute atomic E-state index is 6.03. The molecule has 0 bridgehead atoms. The third-order valence-corrected chi connectivity index (χ3v) is 3.59. The Labute approximate surface area is 117 Å². The van der Waals surface area contributed by atoms with Crippen molar-refractivity contribution < 1.29 is 4.74 Å². The first-order valence-corrected chi connectivity index (χ1v) is 6.80. The van der Waals surface area contributed by atoms with E-state index in [1.165, 1.54) is 5.56 Å². The summed E-state index contributed by atoms with van der Waals surface area (Å²) in [7, 11) is 0. The molecule has 1 aromatic heterocycles. The molecule has 2 aromatic rings. The predicted molar refractivity (Wildman–Crippen MR) is 75.0 cm³/mol. The van der Waals surface area contributed by atoms with Gasteiger partial charge in [0.15, 0.2) is 0 Å². The zero-order valence-electron chi connectivity index (χ0n) is 11.0. The van der Waals surface area contributed by atoms with Crippen LogP contribution in [0, 0.1) is 13.8 Å². The maximum atomic E-state index is 6.03. The van der Waals surface area contributed by atoms with Gasteiger partial charge in [0, 0.05) is 12.0 Å². The number of aromatic nitrogens is 2. The summed E-state index contributed by atoms with van der Waals surface area (Å²) in [5.41, 5.74) is 2.31. The minimum atomic E-state index is 0.442. The Morgan fingerprint density at radius 1 is 1.21 bits per heavy atom. The van der Waals surface area contributed by atoms with Gasteiger partial charge in [0.1, 0.15) is 16.7 Å². The Morgan fingerprint density at radius 3 is 2.74 bits per heavy atom. The smallest absolute Gasteiger partial charge is 0.224 e. The lowest BCUT2D eigenvalue weighted by Gasteiger charge is -2.10. The second kappa shape index (κ2) is 4.82. The molecular weight excluding hydrogens is 260 g/mol. The van der Waals surface area contributed by atoms with Crippen molar-refractivity contribution in [3.05, 3.63) is 46.4 Å². The van der Waals surface area contributed by atoms with E-state index in [1.807, 2.05) is 19.1 Å². The molecule has 3 nitrogen and oxygen atoms in total. The van der Waals surface area contributed by atoms with Crippen LogP contribution in [-0.4, -0.2) is 9.97 Å². The Morgan fingerprint density at radius 2 is 2.00 bits per heavy atom. The lowest BCUT2D eigenvalue weighted by Crippen LogP contribution is -1.97. The van der Waals surface area contributed by atoms with Crippen LogP contribution in [0.25, 0.3) is 0 Å². The summed E-state index contributed by atoms with van der Waals surface area (Å²) in [5.74, 6) is 2.60. The molecule has 0 atom stereocenters. The summed E-state index contributed by atoms with van der Waals surface area (Å²) in [4.78, 5) is 8.70. The van der Waals surface area contributed by atoms with Gasteiger partial charge >= 0.3 is 0 Å². The van der Waals surface area contributed by atoms with Gasteiger partial charge in [0.25, 0.3) is 0 Å². The van der Waals surface area contributed by atoms with Crippen LogP contribution in [0.5, 0.6) is 11.6 Å². The highest BCUT2D eigenvalue weighted by Crippen LogP contribution is 2.39. The third kappa shape index (κ3) is 2.71. The molecular formula is C15H15ClN2O. The Balaban J connectivity index is 1.92. The van der Waals surface area contributed by atoms with Gasteiger partial charge in [-0.3, -0.25) is 0 Å². The van der Waals surface area contributed by atoms with Gasteiger partial charge in [-0.1, -0.05) is 23.7 Å². The van der Waals surface area contributed by atoms with Crippen LogP contribution < -0.4 is 4.74 Å². The Bertz CT molecular complexity index is 624. The van der Waals surface area contributed by atoms with E-state index in [4.69, 9.17) is 16.3 Å². The summed E-state index contributed by atoms with van der Waals surface area (Å²) in [6.07, 6.45) is 2.28. The highest BCUT2D eigenvalue weighted by molar-refractivity contribution is 6.29. The number of aryl methyl sites for hydroxylation is 1. The quantitative estimate of drug-likeness (QED) is 0.777. The fraction of sp³-hybridized carbons (Fsp3) is 0.333. The second-order valence-electron chi connectivity index (χ2n) is 4.96. The van der Waals surface area contributed by atoms with Crippen LogP contribution in [0.15, 0.2) is 24.3 Å². The maximum Gasteiger partial charge on any atom is 0.224 e. The topological polar surface area (TPSA) is 35.0 Å². The fourth-order valence-electron chi connectivity index (χ4n) is 1.94. The first-order valence-electron chi connectivity index (χ1n) is 6.42. The van der Waals surface area contributed by atoms with E-state index in [2.05, 4.69) is 23.0 Å². The molecule has 0 spiro atoms. The molecule has 0 unspecified atom stereocenters. The van der Waals surface area contributed by atoms with E-state index < -0.39 is 0 Å². The molecule has 1 fully saturated rings. The van der Waals surface area contributed by atoms with E-state index in [-0.39, 0.29) is 0 Å². The minimum absolute atomic E-state index is 0.442. The van der Waals surface area contributed by atoms with Crippen molar-refractivity contribution in [1.82, 2.24) is 9.97 Å². The molecule has 1 aliphatic rings. The fourth-order valence-corrected chi connectivity index (χ4v) is 2.12. The van der Waals surface area contributed by atoms with Crippen LogP contribution in [0.2, 0.25) is 5.15 Å². The van der Waals surface area contributed by atoms with Crippen molar-refractivity contribution in [2.75, 3.05) is 0 Å². The first-order chi connectivity index (χ1) is 9.13. The summed E-state index contributed by atoms with van der Waals surface area (Å²) in [5, 5.41) is 0.442. The third-order valence-electron chi connectivity index (χ3n) is 3.40. The molecule has 4 heteroatoms. The van der Waals surface area contributed by atoms with E-state index in [0.717, 1.165) is 30.0 Å². The predicted octanol–water partition coefficient (Wildman–Crippen LogP) is 4.42. The number of ether oxygens (including phenoxy) is 1. The number of halogens is 1. The van der Waals surface area contributed by atoms with E-state index in [0.29, 0.717) is 17.0 Å². The summed E-state index contributed by atoms with van der Waals surface area (Å²) in [6, 6.07) is 7.64.